The van der Waals surface area contributed by atoms with Gasteiger partial charge in [0.25, 0.3) is 0 Å². The number of pyridine rings is 1. The maximum Gasteiger partial charge on any atom is 0.144 e. The van der Waals surface area contributed by atoms with Gasteiger partial charge in [0.15, 0.2) is 0 Å². The predicted molar refractivity (Wildman–Crippen MR) is 71.4 cm³/mol. The Morgan fingerprint density at radius 2 is 2.21 bits per heavy atom. The largest absolute Gasteiger partial charge is 0.397 e. The molecule has 2 aromatic heterocycles. The fourth-order valence-corrected chi connectivity index (χ4v) is 2.07. The van der Waals surface area contributed by atoms with Crippen molar-refractivity contribution < 1.29 is 4.52 Å². The van der Waals surface area contributed by atoms with Gasteiger partial charge in [0, 0.05) is 5.56 Å². The molecule has 1 unspecified atom stereocenters. The summed E-state index contributed by atoms with van der Waals surface area (Å²) in [5, 5.41) is 16.2. The number of hydrogen-bond donors (Lipinski definition) is 2. The summed E-state index contributed by atoms with van der Waals surface area (Å²) < 4.78 is 5.13. The first-order valence-corrected chi connectivity index (χ1v) is 5.88. The lowest BCUT2D eigenvalue weighted by Crippen LogP contribution is -2.11. The van der Waals surface area contributed by atoms with Crippen molar-refractivity contribution in [2.45, 2.75) is 26.8 Å². The number of aromatic nitrogens is 2. The number of nitrogens with one attached hydrogen (secondary N) is 1. The summed E-state index contributed by atoms with van der Waals surface area (Å²) in [5.74, 6) is 1.26. The Morgan fingerprint density at radius 3 is 2.79 bits per heavy atom. The van der Waals surface area contributed by atoms with E-state index < -0.39 is 0 Å². The number of hydrogen-bond acceptors (Lipinski definition) is 6. The molecule has 6 heteroatoms. The van der Waals surface area contributed by atoms with Crippen molar-refractivity contribution in [2.24, 2.45) is 0 Å². The Balaban J connectivity index is 2.30. The lowest BCUT2D eigenvalue weighted by Gasteiger charge is -2.15. The number of nitrogens with zero attached hydrogens (tertiary/aromatic N) is 3. The summed E-state index contributed by atoms with van der Waals surface area (Å²) >= 11 is 0. The third kappa shape index (κ3) is 2.50. The molecule has 0 bridgehead atoms. The topological polar surface area (TPSA) is 101 Å². The van der Waals surface area contributed by atoms with Crippen LogP contribution in [0.5, 0.6) is 0 Å². The first-order chi connectivity index (χ1) is 9.02. The van der Waals surface area contributed by atoms with Crippen LogP contribution in [0.25, 0.3) is 0 Å². The van der Waals surface area contributed by atoms with Crippen molar-refractivity contribution in [3.63, 3.8) is 0 Å². The van der Waals surface area contributed by atoms with E-state index >= 15 is 0 Å². The van der Waals surface area contributed by atoms with E-state index in [2.05, 4.69) is 21.5 Å². The van der Waals surface area contributed by atoms with Gasteiger partial charge in [-0.3, -0.25) is 0 Å². The molecule has 0 amide bonds. The molecule has 2 aromatic rings. The van der Waals surface area contributed by atoms with E-state index in [0.717, 1.165) is 17.0 Å². The molecule has 0 radical (unpaired) electrons. The molecule has 0 spiro atoms. The van der Waals surface area contributed by atoms with E-state index in [1.54, 1.807) is 6.07 Å². The summed E-state index contributed by atoms with van der Waals surface area (Å²) in [6.45, 7) is 5.70. The molecule has 3 N–H and O–H groups in total. The highest BCUT2D eigenvalue weighted by atomic mass is 16.5. The molecule has 0 saturated heterocycles. The number of nitriles is 1. The second-order valence-corrected chi connectivity index (χ2v) is 4.38. The first-order valence-electron chi connectivity index (χ1n) is 5.88. The van der Waals surface area contributed by atoms with Gasteiger partial charge in [-0.05, 0) is 26.8 Å². The van der Waals surface area contributed by atoms with Crippen molar-refractivity contribution >= 4 is 11.5 Å². The van der Waals surface area contributed by atoms with Gasteiger partial charge in [0.05, 0.1) is 29.2 Å². The number of aryl methyl sites for hydroxylation is 2. The second kappa shape index (κ2) is 4.98. The van der Waals surface area contributed by atoms with Crippen LogP contribution in [-0.4, -0.2) is 10.1 Å². The van der Waals surface area contributed by atoms with Gasteiger partial charge in [0.2, 0.25) is 0 Å². The zero-order valence-electron chi connectivity index (χ0n) is 11.1. The maximum absolute atomic E-state index is 9.08. The standard InChI is InChI=1S/C13H15N5O/c1-7(12-8(2)18-19-9(12)3)17-13-10(5-14)4-11(15)6-16-13/h4,6-7H,15H2,1-3H3,(H,16,17). The van der Waals surface area contributed by atoms with Gasteiger partial charge in [-0.2, -0.15) is 5.26 Å². The number of anilines is 2. The highest BCUT2D eigenvalue weighted by Crippen LogP contribution is 2.25. The van der Waals surface area contributed by atoms with Gasteiger partial charge in [-0.1, -0.05) is 5.16 Å². The van der Waals surface area contributed by atoms with E-state index in [0.29, 0.717) is 17.1 Å². The van der Waals surface area contributed by atoms with Crippen molar-refractivity contribution in [3.05, 3.63) is 34.8 Å². The minimum absolute atomic E-state index is 0.0607. The Bertz CT molecular complexity index is 621. The summed E-state index contributed by atoms with van der Waals surface area (Å²) in [6.07, 6.45) is 1.52. The van der Waals surface area contributed by atoms with Crippen LogP contribution in [0, 0.1) is 25.2 Å². The smallest absolute Gasteiger partial charge is 0.144 e. The van der Waals surface area contributed by atoms with E-state index in [9.17, 15) is 0 Å². The van der Waals surface area contributed by atoms with Gasteiger partial charge < -0.3 is 15.6 Å². The summed E-state index contributed by atoms with van der Waals surface area (Å²) in [7, 11) is 0. The van der Waals surface area contributed by atoms with Crippen LogP contribution >= 0.6 is 0 Å². The quantitative estimate of drug-likeness (QED) is 0.875. The zero-order chi connectivity index (χ0) is 14.0. The Morgan fingerprint density at radius 1 is 1.47 bits per heavy atom. The third-order valence-electron chi connectivity index (χ3n) is 2.90. The molecule has 0 aliphatic rings. The zero-order valence-corrected chi connectivity index (χ0v) is 11.1. The van der Waals surface area contributed by atoms with Crippen LogP contribution in [0.1, 0.15) is 35.5 Å². The number of rotatable bonds is 3. The molecule has 2 rings (SSSR count). The van der Waals surface area contributed by atoms with Crippen LogP contribution in [0.4, 0.5) is 11.5 Å². The molecule has 19 heavy (non-hydrogen) atoms. The third-order valence-corrected chi connectivity index (χ3v) is 2.90. The minimum Gasteiger partial charge on any atom is -0.397 e. The van der Waals surface area contributed by atoms with E-state index in [1.807, 2.05) is 20.8 Å². The maximum atomic E-state index is 9.08. The Hall–Kier alpha value is -2.55. The molecule has 0 aliphatic heterocycles. The van der Waals surface area contributed by atoms with Crippen molar-refractivity contribution in [1.82, 2.24) is 10.1 Å². The normalized spacial score (nSPS) is 11.9. The molecule has 1 atom stereocenters. The van der Waals surface area contributed by atoms with Crippen LogP contribution in [0.3, 0.4) is 0 Å². The second-order valence-electron chi connectivity index (χ2n) is 4.38. The fraction of sp³-hybridized carbons (Fsp3) is 0.308. The number of nitrogen functional groups attached to an aromatic ring is 1. The van der Waals surface area contributed by atoms with E-state index in [1.165, 1.54) is 6.20 Å². The van der Waals surface area contributed by atoms with Crippen LogP contribution in [0.15, 0.2) is 16.8 Å². The van der Waals surface area contributed by atoms with Crippen molar-refractivity contribution in [1.29, 1.82) is 5.26 Å². The average molecular weight is 257 g/mol. The molecule has 2 heterocycles. The van der Waals surface area contributed by atoms with E-state index in [4.69, 9.17) is 15.5 Å². The highest BCUT2D eigenvalue weighted by molar-refractivity contribution is 5.58. The molecule has 6 nitrogen and oxygen atoms in total. The monoisotopic (exact) mass is 257 g/mol. The molecule has 0 aliphatic carbocycles. The molecule has 0 fully saturated rings. The van der Waals surface area contributed by atoms with Crippen molar-refractivity contribution in [3.8, 4) is 6.07 Å². The van der Waals surface area contributed by atoms with Crippen LogP contribution in [0.2, 0.25) is 0 Å². The Kier molecular flexibility index (Phi) is 3.38. The Labute approximate surface area is 111 Å². The summed E-state index contributed by atoms with van der Waals surface area (Å²) in [6, 6.07) is 3.60. The van der Waals surface area contributed by atoms with Crippen LogP contribution in [-0.2, 0) is 0 Å². The number of nitrogens with two attached hydrogens (primary N) is 1. The van der Waals surface area contributed by atoms with Gasteiger partial charge in [-0.25, -0.2) is 4.98 Å². The fourth-order valence-electron chi connectivity index (χ4n) is 2.07. The predicted octanol–water partition coefficient (Wildman–Crippen LogP) is 2.31. The molecular formula is C13H15N5O. The van der Waals surface area contributed by atoms with E-state index in [-0.39, 0.29) is 6.04 Å². The molecule has 98 valence electrons. The minimum atomic E-state index is -0.0607. The molecule has 0 saturated carbocycles. The van der Waals surface area contributed by atoms with Gasteiger partial charge in [0.1, 0.15) is 17.6 Å². The molecular weight excluding hydrogens is 242 g/mol. The lowest BCUT2D eigenvalue weighted by atomic mass is 10.1. The highest BCUT2D eigenvalue weighted by Gasteiger charge is 2.17. The average Bonchev–Trinajstić information content (AvgIpc) is 2.71. The first kappa shape index (κ1) is 12.9. The lowest BCUT2D eigenvalue weighted by molar-refractivity contribution is 0.392. The van der Waals surface area contributed by atoms with Crippen LogP contribution < -0.4 is 11.1 Å². The van der Waals surface area contributed by atoms with Gasteiger partial charge >= 0.3 is 0 Å². The summed E-state index contributed by atoms with van der Waals surface area (Å²) in [4.78, 5) is 4.15. The SMILES string of the molecule is Cc1noc(C)c1C(C)Nc1ncc(N)cc1C#N. The summed E-state index contributed by atoms with van der Waals surface area (Å²) in [5.41, 5.74) is 8.29. The molecule has 0 aromatic carbocycles. The van der Waals surface area contributed by atoms with Crippen molar-refractivity contribution in [2.75, 3.05) is 11.1 Å². The van der Waals surface area contributed by atoms with Gasteiger partial charge in [-0.15, -0.1) is 0 Å².